The highest BCUT2D eigenvalue weighted by Crippen LogP contribution is 2.29. The molecule has 0 bridgehead atoms. The fraction of sp³-hybridized carbons (Fsp3) is 0.333. The number of rotatable bonds is 5. The number of alkyl halides is 3. The second-order valence-electron chi connectivity index (χ2n) is 5.10. The third-order valence-electron chi connectivity index (χ3n) is 2.75. The minimum Gasteiger partial charge on any atom is -0.366 e. The van der Waals surface area contributed by atoms with Gasteiger partial charge in [-0.15, -0.1) is 0 Å². The average Bonchev–Trinajstić information content (AvgIpc) is 2.44. The molecule has 2 aromatic rings. The first-order valence-corrected chi connectivity index (χ1v) is 6.85. The van der Waals surface area contributed by atoms with Gasteiger partial charge in [0.15, 0.2) is 5.69 Å². The zero-order chi connectivity index (χ0) is 16.2. The summed E-state index contributed by atoms with van der Waals surface area (Å²) in [4.78, 5) is 7.58. The molecular weight excluding hydrogens is 293 g/mol. The van der Waals surface area contributed by atoms with Crippen LogP contribution in [0.2, 0.25) is 0 Å². The molecule has 1 aromatic carbocycles. The van der Waals surface area contributed by atoms with Crippen molar-refractivity contribution in [2.24, 2.45) is 0 Å². The quantitative estimate of drug-likeness (QED) is 0.878. The molecule has 0 aliphatic carbocycles. The van der Waals surface area contributed by atoms with E-state index in [0.29, 0.717) is 6.54 Å². The van der Waals surface area contributed by atoms with Crippen molar-refractivity contribution in [3.8, 4) is 0 Å². The summed E-state index contributed by atoms with van der Waals surface area (Å²) >= 11 is 0. The minimum absolute atomic E-state index is 0.0413. The highest BCUT2D eigenvalue weighted by Gasteiger charge is 2.33. The lowest BCUT2D eigenvalue weighted by molar-refractivity contribution is -0.141. The average molecular weight is 310 g/mol. The molecule has 1 aromatic heterocycles. The van der Waals surface area contributed by atoms with Gasteiger partial charge in [-0.1, -0.05) is 30.3 Å². The van der Waals surface area contributed by atoms with Crippen LogP contribution in [0, 0.1) is 0 Å². The van der Waals surface area contributed by atoms with E-state index >= 15 is 0 Å². The lowest BCUT2D eigenvalue weighted by Crippen LogP contribution is -2.17. The maximum absolute atomic E-state index is 12.9. The summed E-state index contributed by atoms with van der Waals surface area (Å²) in [6, 6.07) is 10.2. The summed E-state index contributed by atoms with van der Waals surface area (Å²) in [5.74, 6) is 0.0923. The van der Waals surface area contributed by atoms with Crippen LogP contribution in [0.1, 0.15) is 25.1 Å². The van der Waals surface area contributed by atoms with Crippen LogP contribution in [0.5, 0.6) is 0 Å². The maximum atomic E-state index is 12.9. The molecular formula is C15H17F3N4. The van der Waals surface area contributed by atoms with Gasteiger partial charge in [0, 0.05) is 18.7 Å². The van der Waals surface area contributed by atoms with Gasteiger partial charge in [0.25, 0.3) is 0 Å². The van der Waals surface area contributed by atoms with E-state index < -0.39 is 11.9 Å². The number of halogens is 3. The Morgan fingerprint density at radius 1 is 1.09 bits per heavy atom. The molecule has 0 amide bonds. The fourth-order valence-corrected chi connectivity index (χ4v) is 1.79. The Bertz CT molecular complexity index is 612. The Labute approximate surface area is 126 Å². The van der Waals surface area contributed by atoms with Crippen molar-refractivity contribution in [1.29, 1.82) is 0 Å². The van der Waals surface area contributed by atoms with Gasteiger partial charge in [-0.05, 0) is 19.4 Å². The van der Waals surface area contributed by atoms with Crippen molar-refractivity contribution in [2.45, 2.75) is 32.6 Å². The largest absolute Gasteiger partial charge is 0.433 e. The molecule has 0 saturated carbocycles. The highest BCUT2D eigenvalue weighted by atomic mass is 19.4. The molecule has 118 valence electrons. The van der Waals surface area contributed by atoms with Crippen LogP contribution in [0.15, 0.2) is 36.4 Å². The molecule has 0 atom stereocenters. The van der Waals surface area contributed by atoms with Crippen LogP contribution in [0.25, 0.3) is 0 Å². The molecule has 22 heavy (non-hydrogen) atoms. The number of aromatic nitrogens is 2. The van der Waals surface area contributed by atoms with Gasteiger partial charge < -0.3 is 10.6 Å². The monoisotopic (exact) mass is 310 g/mol. The van der Waals surface area contributed by atoms with E-state index in [9.17, 15) is 13.2 Å². The lowest BCUT2D eigenvalue weighted by atomic mass is 10.2. The van der Waals surface area contributed by atoms with E-state index in [1.807, 2.05) is 30.3 Å². The van der Waals surface area contributed by atoms with E-state index in [0.717, 1.165) is 11.6 Å². The van der Waals surface area contributed by atoms with E-state index in [1.165, 1.54) is 0 Å². The number of anilines is 2. The summed E-state index contributed by atoms with van der Waals surface area (Å²) in [7, 11) is 0. The van der Waals surface area contributed by atoms with Crippen molar-refractivity contribution < 1.29 is 13.2 Å². The van der Waals surface area contributed by atoms with E-state index in [1.54, 1.807) is 13.8 Å². The van der Waals surface area contributed by atoms with Crippen molar-refractivity contribution >= 4 is 11.8 Å². The number of nitrogens with one attached hydrogen (secondary N) is 2. The predicted octanol–water partition coefficient (Wildman–Crippen LogP) is 3.93. The Kier molecular flexibility index (Phi) is 4.85. The third-order valence-corrected chi connectivity index (χ3v) is 2.75. The van der Waals surface area contributed by atoms with Crippen LogP contribution in [0.4, 0.5) is 24.9 Å². The SMILES string of the molecule is CC(C)Nc1nc(NCc2ccccc2)cc(C(F)(F)F)n1. The molecule has 0 unspecified atom stereocenters. The van der Waals surface area contributed by atoms with Gasteiger partial charge in [0.1, 0.15) is 5.82 Å². The fourth-order valence-electron chi connectivity index (χ4n) is 1.79. The number of benzene rings is 1. The maximum Gasteiger partial charge on any atom is 0.433 e. The van der Waals surface area contributed by atoms with Gasteiger partial charge in [-0.2, -0.15) is 18.2 Å². The number of hydrogen-bond donors (Lipinski definition) is 2. The van der Waals surface area contributed by atoms with Crippen LogP contribution >= 0.6 is 0 Å². The number of nitrogens with zero attached hydrogens (tertiary/aromatic N) is 2. The van der Waals surface area contributed by atoms with Gasteiger partial charge in [-0.25, -0.2) is 4.98 Å². The van der Waals surface area contributed by atoms with Crippen molar-refractivity contribution in [3.63, 3.8) is 0 Å². The Morgan fingerprint density at radius 2 is 1.77 bits per heavy atom. The summed E-state index contributed by atoms with van der Waals surface area (Å²) in [6.07, 6.45) is -4.51. The zero-order valence-corrected chi connectivity index (χ0v) is 12.3. The number of hydrogen-bond acceptors (Lipinski definition) is 4. The molecule has 4 nitrogen and oxygen atoms in total. The summed E-state index contributed by atoms with van der Waals surface area (Å²) in [5.41, 5.74) is -0.0192. The highest BCUT2D eigenvalue weighted by molar-refractivity contribution is 5.44. The van der Waals surface area contributed by atoms with Crippen LogP contribution < -0.4 is 10.6 Å². The molecule has 0 spiro atoms. The van der Waals surface area contributed by atoms with Gasteiger partial charge in [0.05, 0.1) is 0 Å². The molecule has 0 fully saturated rings. The Balaban J connectivity index is 2.21. The van der Waals surface area contributed by atoms with E-state index in [-0.39, 0.29) is 17.8 Å². The van der Waals surface area contributed by atoms with E-state index in [4.69, 9.17) is 0 Å². The summed E-state index contributed by atoms with van der Waals surface area (Å²) in [6.45, 7) is 4.00. The van der Waals surface area contributed by atoms with Crippen molar-refractivity contribution in [2.75, 3.05) is 10.6 Å². The molecule has 0 saturated heterocycles. The second kappa shape index (κ2) is 6.64. The predicted molar refractivity (Wildman–Crippen MR) is 79.6 cm³/mol. The smallest absolute Gasteiger partial charge is 0.366 e. The zero-order valence-electron chi connectivity index (χ0n) is 12.3. The Morgan fingerprint density at radius 3 is 2.36 bits per heavy atom. The normalized spacial score (nSPS) is 11.5. The first-order valence-electron chi connectivity index (χ1n) is 6.85. The molecule has 7 heteroatoms. The molecule has 0 aliphatic rings. The molecule has 0 radical (unpaired) electrons. The summed E-state index contributed by atoms with van der Waals surface area (Å²) in [5, 5.41) is 5.69. The Hall–Kier alpha value is -2.31. The third kappa shape index (κ3) is 4.61. The van der Waals surface area contributed by atoms with Crippen LogP contribution in [-0.2, 0) is 12.7 Å². The molecule has 2 N–H and O–H groups in total. The second-order valence-corrected chi connectivity index (χ2v) is 5.10. The van der Waals surface area contributed by atoms with Crippen LogP contribution in [-0.4, -0.2) is 16.0 Å². The molecule has 1 heterocycles. The lowest BCUT2D eigenvalue weighted by Gasteiger charge is -2.14. The van der Waals surface area contributed by atoms with E-state index in [2.05, 4.69) is 20.6 Å². The van der Waals surface area contributed by atoms with Crippen molar-refractivity contribution in [1.82, 2.24) is 9.97 Å². The molecule has 2 rings (SSSR count). The van der Waals surface area contributed by atoms with Gasteiger partial charge in [-0.3, -0.25) is 0 Å². The standard InChI is InChI=1S/C15H17F3N4/c1-10(2)20-14-21-12(15(16,17)18)8-13(22-14)19-9-11-6-4-3-5-7-11/h3-8,10H,9H2,1-2H3,(H2,19,20,21,22). The minimum atomic E-state index is -4.51. The topological polar surface area (TPSA) is 49.8 Å². The van der Waals surface area contributed by atoms with Crippen LogP contribution in [0.3, 0.4) is 0 Å². The van der Waals surface area contributed by atoms with Gasteiger partial charge >= 0.3 is 6.18 Å². The first kappa shape index (κ1) is 16.1. The summed E-state index contributed by atoms with van der Waals surface area (Å²) < 4.78 is 38.7. The molecule has 0 aliphatic heterocycles. The van der Waals surface area contributed by atoms with Gasteiger partial charge in [0.2, 0.25) is 5.95 Å². The van der Waals surface area contributed by atoms with Crippen molar-refractivity contribution in [3.05, 3.63) is 47.7 Å². The first-order chi connectivity index (χ1) is 10.3.